The minimum Gasteiger partial charge on any atom is -0.475 e. The lowest BCUT2D eigenvalue weighted by Gasteiger charge is -2.35. The van der Waals surface area contributed by atoms with E-state index in [9.17, 15) is 18.0 Å². The number of amides is 1. The molecule has 3 atom stereocenters. The summed E-state index contributed by atoms with van der Waals surface area (Å²) in [5.74, 6) is 0.523. The summed E-state index contributed by atoms with van der Waals surface area (Å²) in [7, 11) is 0. The molecule has 1 saturated carbocycles. The molecule has 3 unspecified atom stereocenters. The van der Waals surface area contributed by atoms with E-state index in [4.69, 9.17) is 4.74 Å². The lowest BCUT2D eigenvalue weighted by atomic mass is 10.0. The molecular weight excluding hydrogens is 437 g/mol. The summed E-state index contributed by atoms with van der Waals surface area (Å²) in [6, 6.07) is 4.99. The highest BCUT2D eigenvalue weighted by Gasteiger charge is 2.48. The highest BCUT2D eigenvalue weighted by atomic mass is 19.4. The van der Waals surface area contributed by atoms with Gasteiger partial charge in [0.2, 0.25) is 5.88 Å². The van der Waals surface area contributed by atoms with Crippen LogP contribution in [0.4, 0.5) is 13.2 Å². The smallest absolute Gasteiger partial charge is 0.416 e. The molecule has 0 N–H and O–H groups in total. The number of likely N-dealkylation sites (tertiary alicyclic amines) is 1. The van der Waals surface area contributed by atoms with Gasteiger partial charge in [-0.05, 0) is 49.8 Å². The van der Waals surface area contributed by atoms with Gasteiger partial charge in [0.05, 0.1) is 24.0 Å². The standard InChI is InChI=1S/C22H21F3N6O2/c1-13-2-3-18(31-27-6-7-28-31)20(29-13)21(32)30-11-15-8-14(15)9-17(30)12-33-19-10-16(4-5-26-19)22(23,24)25/h2-7,10,14-15,17H,8-9,11-12H2,1H3. The minimum atomic E-state index is -4.48. The summed E-state index contributed by atoms with van der Waals surface area (Å²) in [5.41, 5.74) is 0.545. The van der Waals surface area contributed by atoms with Gasteiger partial charge in [0, 0.05) is 24.5 Å². The van der Waals surface area contributed by atoms with Crippen LogP contribution in [-0.4, -0.2) is 55.0 Å². The number of carbonyl (C=O) groups is 1. The molecule has 3 aromatic heterocycles. The first-order valence-corrected chi connectivity index (χ1v) is 10.6. The molecule has 172 valence electrons. The fraction of sp³-hybridized carbons (Fsp3) is 0.409. The molecule has 3 aromatic rings. The molecule has 2 fully saturated rings. The predicted octanol–water partition coefficient (Wildman–Crippen LogP) is 3.31. The van der Waals surface area contributed by atoms with Crippen LogP contribution in [0.5, 0.6) is 5.88 Å². The van der Waals surface area contributed by atoms with Crippen molar-refractivity contribution in [1.82, 2.24) is 29.9 Å². The van der Waals surface area contributed by atoms with Crippen LogP contribution < -0.4 is 4.74 Å². The third-order valence-electron chi connectivity index (χ3n) is 6.11. The minimum absolute atomic E-state index is 0.0461. The first kappa shape index (κ1) is 21.4. The Morgan fingerprint density at radius 2 is 1.91 bits per heavy atom. The second kappa shape index (κ2) is 8.13. The number of fused-ring (bicyclic) bond motifs is 1. The summed E-state index contributed by atoms with van der Waals surface area (Å²) < 4.78 is 44.7. The number of pyridine rings is 2. The molecule has 0 spiro atoms. The number of aryl methyl sites for hydroxylation is 1. The van der Waals surface area contributed by atoms with Gasteiger partial charge < -0.3 is 9.64 Å². The Morgan fingerprint density at radius 3 is 2.67 bits per heavy atom. The zero-order valence-electron chi connectivity index (χ0n) is 17.7. The second-order valence-corrected chi connectivity index (χ2v) is 8.43. The summed E-state index contributed by atoms with van der Waals surface area (Å²) in [6.07, 6.45) is 1.36. The van der Waals surface area contributed by atoms with E-state index in [1.54, 1.807) is 24.0 Å². The molecule has 5 rings (SSSR count). The number of rotatable bonds is 5. The van der Waals surface area contributed by atoms with Gasteiger partial charge in [0.1, 0.15) is 12.3 Å². The third kappa shape index (κ3) is 4.39. The number of ether oxygens (including phenoxy) is 1. The van der Waals surface area contributed by atoms with E-state index in [-0.39, 0.29) is 30.1 Å². The topological polar surface area (TPSA) is 86.0 Å². The third-order valence-corrected chi connectivity index (χ3v) is 6.11. The normalized spacial score (nSPS) is 22.1. The van der Waals surface area contributed by atoms with Gasteiger partial charge in [-0.3, -0.25) is 4.79 Å². The van der Waals surface area contributed by atoms with Crippen molar-refractivity contribution in [3.63, 3.8) is 0 Å². The van der Waals surface area contributed by atoms with Gasteiger partial charge >= 0.3 is 6.18 Å². The van der Waals surface area contributed by atoms with Gasteiger partial charge in [-0.1, -0.05) is 0 Å². The van der Waals surface area contributed by atoms with Gasteiger partial charge in [0.25, 0.3) is 5.91 Å². The number of hydrogen-bond donors (Lipinski definition) is 0. The molecule has 1 aliphatic heterocycles. The van der Waals surface area contributed by atoms with E-state index in [1.807, 2.05) is 0 Å². The van der Waals surface area contributed by atoms with Crippen LogP contribution in [0.2, 0.25) is 0 Å². The van der Waals surface area contributed by atoms with Crippen molar-refractivity contribution in [2.24, 2.45) is 11.8 Å². The molecule has 1 aliphatic carbocycles. The van der Waals surface area contributed by atoms with Crippen LogP contribution in [0.25, 0.3) is 5.69 Å². The van der Waals surface area contributed by atoms with E-state index < -0.39 is 11.7 Å². The summed E-state index contributed by atoms with van der Waals surface area (Å²) >= 11 is 0. The lowest BCUT2D eigenvalue weighted by Crippen LogP contribution is -2.48. The fourth-order valence-corrected chi connectivity index (χ4v) is 4.30. The fourth-order valence-electron chi connectivity index (χ4n) is 4.30. The SMILES string of the molecule is Cc1ccc(-n2nccn2)c(C(=O)N2CC3CC3CC2COc2cc(C(F)(F)F)ccn2)n1. The van der Waals surface area contributed by atoms with Gasteiger partial charge in [-0.25, -0.2) is 9.97 Å². The van der Waals surface area contributed by atoms with Crippen molar-refractivity contribution in [2.75, 3.05) is 13.2 Å². The highest BCUT2D eigenvalue weighted by molar-refractivity contribution is 5.96. The van der Waals surface area contributed by atoms with Crippen LogP contribution in [0.3, 0.4) is 0 Å². The average Bonchev–Trinajstić information content (AvgIpc) is 3.34. The number of carbonyl (C=O) groups excluding carboxylic acids is 1. The lowest BCUT2D eigenvalue weighted by molar-refractivity contribution is -0.137. The Labute approximate surface area is 187 Å². The molecule has 1 amide bonds. The maximum atomic E-state index is 13.6. The van der Waals surface area contributed by atoms with E-state index >= 15 is 0 Å². The molecule has 0 aromatic carbocycles. The van der Waals surface area contributed by atoms with Crippen LogP contribution in [0.15, 0.2) is 42.9 Å². The zero-order chi connectivity index (χ0) is 23.2. The zero-order valence-corrected chi connectivity index (χ0v) is 17.7. The predicted molar refractivity (Wildman–Crippen MR) is 110 cm³/mol. The first-order valence-electron chi connectivity index (χ1n) is 10.6. The highest BCUT2D eigenvalue weighted by Crippen LogP contribution is 2.47. The van der Waals surface area contributed by atoms with E-state index in [0.717, 1.165) is 31.2 Å². The Hall–Kier alpha value is -3.50. The van der Waals surface area contributed by atoms with Crippen molar-refractivity contribution >= 4 is 5.91 Å². The summed E-state index contributed by atoms with van der Waals surface area (Å²) in [5, 5.41) is 8.24. The first-order chi connectivity index (χ1) is 15.8. The van der Waals surface area contributed by atoms with Crippen molar-refractivity contribution in [2.45, 2.75) is 32.0 Å². The number of nitrogens with zero attached hydrogens (tertiary/aromatic N) is 6. The average molecular weight is 458 g/mol. The van der Waals surface area contributed by atoms with Crippen molar-refractivity contribution in [3.05, 3.63) is 59.8 Å². The molecule has 0 radical (unpaired) electrons. The molecule has 11 heteroatoms. The molecule has 2 aliphatic rings. The Bertz CT molecular complexity index is 1170. The van der Waals surface area contributed by atoms with Crippen LogP contribution in [0.1, 0.15) is 34.6 Å². The molecular formula is C22H21F3N6O2. The Balaban J connectivity index is 1.39. The van der Waals surface area contributed by atoms with E-state index in [2.05, 4.69) is 20.2 Å². The maximum Gasteiger partial charge on any atom is 0.416 e. The molecule has 0 bridgehead atoms. The summed E-state index contributed by atoms with van der Waals surface area (Å²) in [4.78, 5) is 25.0. The number of piperidine rings is 1. The molecule has 33 heavy (non-hydrogen) atoms. The number of hydrogen-bond acceptors (Lipinski definition) is 6. The number of halogens is 3. The Kier molecular flexibility index (Phi) is 5.26. The molecule has 8 nitrogen and oxygen atoms in total. The monoisotopic (exact) mass is 458 g/mol. The van der Waals surface area contributed by atoms with Gasteiger partial charge in [0.15, 0.2) is 5.69 Å². The Morgan fingerprint density at radius 1 is 1.12 bits per heavy atom. The van der Waals surface area contributed by atoms with Crippen LogP contribution in [-0.2, 0) is 6.18 Å². The quantitative estimate of drug-likeness (QED) is 0.583. The summed E-state index contributed by atoms with van der Waals surface area (Å²) in [6.45, 7) is 2.39. The number of alkyl halides is 3. The van der Waals surface area contributed by atoms with Crippen molar-refractivity contribution in [3.8, 4) is 11.6 Å². The molecule has 1 saturated heterocycles. The van der Waals surface area contributed by atoms with Crippen LogP contribution in [0, 0.1) is 18.8 Å². The van der Waals surface area contributed by atoms with Crippen molar-refractivity contribution in [1.29, 1.82) is 0 Å². The second-order valence-electron chi connectivity index (χ2n) is 8.43. The maximum absolute atomic E-state index is 13.6. The largest absolute Gasteiger partial charge is 0.475 e. The van der Waals surface area contributed by atoms with Gasteiger partial charge in [-0.15, -0.1) is 4.80 Å². The number of aromatic nitrogens is 5. The van der Waals surface area contributed by atoms with E-state index in [1.165, 1.54) is 17.2 Å². The van der Waals surface area contributed by atoms with Crippen molar-refractivity contribution < 1.29 is 22.7 Å². The van der Waals surface area contributed by atoms with E-state index in [0.29, 0.717) is 29.8 Å². The molecule has 4 heterocycles. The van der Waals surface area contributed by atoms with Gasteiger partial charge in [-0.2, -0.15) is 23.4 Å². The van der Waals surface area contributed by atoms with Crippen LogP contribution >= 0.6 is 0 Å².